The van der Waals surface area contributed by atoms with Gasteiger partial charge in [-0.1, -0.05) is 31.2 Å². The quantitative estimate of drug-likeness (QED) is 0.882. The van der Waals surface area contributed by atoms with E-state index in [1.807, 2.05) is 56.3 Å². The van der Waals surface area contributed by atoms with Crippen molar-refractivity contribution in [2.75, 3.05) is 5.32 Å². The smallest absolute Gasteiger partial charge is 0.255 e. The van der Waals surface area contributed by atoms with Crippen molar-refractivity contribution in [3.63, 3.8) is 0 Å². The molecule has 0 fully saturated rings. The number of hydrogen-bond donors (Lipinski definition) is 1. The number of aryl methyl sites for hydroxylation is 2. The maximum absolute atomic E-state index is 12.3. The second-order valence-corrected chi connectivity index (χ2v) is 5.30. The number of amides is 1. The Balaban J connectivity index is 2.26. The maximum Gasteiger partial charge on any atom is 0.255 e. The first-order chi connectivity index (χ1) is 9.11. The summed E-state index contributed by atoms with van der Waals surface area (Å²) in [6.45, 7) is 4.07. The molecule has 0 atom stereocenters. The largest absolute Gasteiger partial charge is 0.321 e. The molecular formula is C16H16BrNO. The zero-order valence-corrected chi connectivity index (χ0v) is 12.6. The number of nitrogens with one attached hydrogen (secondary N) is 1. The van der Waals surface area contributed by atoms with Crippen molar-refractivity contribution in [1.82, 2.24) is 0 Å². The van der Waals surface area contributed by atoms with Gasteiger partial charge < -0.3 is 5.32 Å². The van der Waals surface area contributed by atoms with Crippen LogP contribution in [-0.2, 0) is 6.42 Å². The van der Waals surface area contributed by atoms with Crippen LogP contribution in [0.3, 0.4) is 0 Å². The highest BCUT2D eigenvalue weighted by atomic mass is 79.9. The fourth-order valence-electron chi connectivity index (χ4n) is 1.96. The molecule has 0 radical (unpaired) electrons. The van der Waals surface area contributed by atoms with E-state index in [4.69, 9.17) is 0 Å². The lowest BCUT2D eigenvalue weighted by atomic mass is 10.0. The van der Waals surface area contributed by atoms with Gasteiger partial charge in [-0.25, -0.2) is 0 Å². The van der Waals surface area contributed by atoms with Crippen LogP contribution in [-0.4, -0.2) is 5.91 Å². The molecule has 0 saturated carbocycles. The summed E-state index contributed by atoms with van der Waals surface area (Å²) in [4.78, 5) is 12.3. The molecule has 0 saturated heterocycles. The van der Waals surface area contributed by atoms with Gasteiger partial charge in [0.05, 0.1) is 5.69 Å². The van der Waals surface area contributed by atoms with Crippen LogP contribution in [0.15, 0.2) is 46.9 Å². The summed E-state index contributed by atoms with van der Waals surface area (Å²) in [5, 5.41) is 2.94. The Kier molecular flexibility index (Phi) is 4.38. The molecule has 0 aliphatic carbocycles. The summed E-state index contributed by atoms with van der Waals surface area (Å²) in [6.07, 6.45) is 0.846. The molecular weight excluding hydrogens is 302 g/mol. The minimum Gasteiger partial charge on any atom is -0.321 e. The Morgan fingerprint density at radius 2 is 1.95 bits per heavy atom. The molecule has 1 amide bonds. The maximum atomic E-state index is 12.3. The van der Waals surface area contributed by atoms with Gasteiger partial charge in [-0.15, -0.1) is 0 Å². The first-order valence-corrected chi connectivity index (χ1v) is 7.06. The summed E-state index contributed by atoms with van der Waals surface area (Å²) < 4.78 is 0.898. The molecule has 3 heteroatoms. The van der Waals surface area contributed by atoms with Crippen molar-refractivity contribution in [1.29, 1.82) is 0 Å². The number of carbonyl (C=O) groups excluding carboxylic acids is 1. The van der Waals surface area contributed by atoms with Crippen molar-refractivity contribution in [2.45, 2.75) is 20.3 Å². The van der Waals surface area contributed by atoms with Gasteiger partial charge >= 0.3 is 0 Å². The second-order valence-electron chi connectivity index (χ2n) is 4.45. The first-order valence-electron chi connectivity index (χ1n) is 6.27. The van der Waals surface area contributed by atoms with Crippen molar-refractivity contribution < 1.29 is 4.79 Å². The number of benzene rings is 2. The normalized spacial score (nSPS) is 10.3. The predicted molar refractivity (Wildman–Crippen MR) is 82.7 cm³/mol. The van der Waals surface area contributed by atoms with Gasteiger partial charge in [0.15, 0.2) is 0 Å². The SMILES string of the molecule is CCc1ccccc1C(=O)Nc1ccc(C)cc1Br. The van der Waals surface area contributed by atoms with E-state index in [0.29, 0.717) is 0 Å². The number of anilines is 1. The van der Waals surface area contributed by atoms with Crippen LogP contribution < -0.4 is 5.32 Å². The summed E-state index contributed by atoms with van der Waals surface area (Å²) in [5.41, 5.74) is 3.74. The number of rotatable bonds is 3. The van der Waals surface area contributed by atoms with Gasteiger partial charge in [-0.05, 0) is 58.6 Å². The van der Waals surface area contributed by atoms with Crippen molar-refractivity contribution in [3.8, 4) is 0 Å². The van der Waals surface area contributed by atoms with E-state index in [-0.39, 0.29) is 5.91 Å². The van der Waals surface area contributed by atoms with Crippen molar-refractivity contribution in [3.05, 3.63) is 63.6 Å². The van der Waals surface area contributed by atoms with Gasteiger partial charge in [0.1, 0.15) is 0 Å². The van der Waals surface area contributed by atoms with Gasteiger partial charge in [-0.2, -0.15) is 0 Å². The third kappa shape index (κ3) is 3.24. The highest BCUT2D eigenvalue weighted by Crippen LogP contribution is 2.24. The molecule has 19 heavy (non-hydrogen) atoms. The molecule has 0 aliphatic heterocycles. The predicted octanol–water partition coefficient (Wildman–Crippen LogP) is 4.57. The van der Waals surface area contributed by atoms with E-state index in [9.17, 15) is 4.79 Å². The Hall–Kier alpha value is -1.61. The molecule has 0 spiro atoms. The van der Waals surface area contributed by atoms with E-state index >= 15 is 0 Å². The standard InChI is InChI=1S/C16H16BrNO/c1-3-12-6-4-5-7-13(12)16(19)18-15-9-8-11(2)10-14(15)17/h4-10H,3H2,1-2H3,(H,18,19). The minimum absolute atomic E-state index is 0.0676. The van der Waals surface area contributed by atoms with Crippen LogP contribution in [0.4, 0.5) is 5.69 Å². The Morgan fingerprint density at radius 3 is 2.63 bits per heavy atom. The summed E-state index contributed by atoms with van der Waals surface area (Å²) >= 11 is 3.47. The van der Waals surface area contributed by atoms with Crippen molar-refractivity contribution in [2.24, 2.45) is 0 Å². The molecule has 1 N–H and O–H groups in total. The van der Waals surface area contributed by atoms with E-state index in [0.717, 1.165) is 33.3 Å². The van der Waals surface area contributed by atoms with Crippen LogP contribution in [0.2, 0.25) is 0 Å². The molecule has 2 rings (SSSR count). The van der Waals surface area contributed by atoms with Gasteiger partial charge in [0, 0.05) is 10.0 Å². The lowest BCUT2D eigenvalue weighted by Crippen LogP contribution is -2.14. The first kappa shape index (κ1) is 13.8. The monoisotopic (exact) mass is 317 g/mol. The molecule has 2 aromatic carbocycles. The second kappa shape index (κ2) is 6.02. The van der Waals surface area contributed by atoms with E-state index in [2.05, 4.69) is 21.2 Å². The zero-order chi connectivity index (χ0) is 13.8. The lowest BCUT2D eigenvalue weighted by Gasteiger charge is -2.10. The fourth-order valence-corrected chi connectivity index (χ4v) is 2.55. The molecule has 0 aromatic heterocycles. The zero-order valence-electron chi connectivity index (χ0n) is 11.0. The summed E-state index contributed by atoms with van der Waals surface area (Å²) in [6, 6.07) is 13.6. The number of halogens is 1. The molecule has 0 unspecified atom stereocenters. The molecule has 0 heterocycles. The molecule has 0 bridgehead atoms. The van der Waals surface area contributed by atoms with Crippen LogP contribution in [0.5, 0.6) is 0 Å². The highest BCUT2D eigenvalue weighted by Gasteiger charge is 2.11. The third-order valence-corrected chi connectivity index (χ3v) is 3.67. The van der Waals surface area contributed by atoms with Crippen molar-refractivity contribution >= 4 is 27.5 Å². The molecule has 0 aliphatic rings. The molecule has 98 valence electrons. The minimum atomic E-state index is -0.0676. The average molecular weight is 318 g/mol. The van der Waals surface area contributed by atoms with Gasteiger partial charge in [0.25, 0.3) is 5.91 Å². The van der Waals surface area contributed by atoms with E-state index in [1.165, 1.54) is 0 Å². The topological polar surface area (TPSA) is 29.1 Å². The van der Waals surface area contributed by atoms with Gasteiger partial charge in [-0.3, -0.25) is 4.79 Å². The summed E-state index contributed by atoms with van der Waals surface area (Å²) in [5.74, 6) is -0.0676. The molecule has 2 nitrogen and oxygen atoms in total. The Morgan fingerprint density at radius 1 is 1.21 bits per heavy atom. The Labute approximate surface area is 122 Å². The Bertz CT molecular complexity index is 607. The fraction of sp³-hybridized carbons (Fsp3) is 0.188. The van der Waals surface area contributed by atoms with E-state index < -0.39 is 0 Å². The number of hydrogen-bond acceptors (Lipinski definition) is 1. The van der Waals surface area contributed by atoms with Crippen LogP contribution in [0.25, 0.3) is 0 Å². The third-order valence-electron chi connectivity index (χ3n) is 3.02. The van der Waals surface area contributed by atoms with Gasteiger partial charge in [0.2, 0.25) is 0 Å². The lowest BCUT2D eigenvalue weighted by molar-refractivity contribution is 0.102. The number of carbonyl (C=O) groups is 1. The van der Waals surface area contributed by atoms with Crippen LogP contribution >= 0.6 is 15.9 Å². The molecule has 2 aromatic rings. The summed E-state index contributed by atoms with van der Waals surface area (Å²) in [7, 11) is 0. The average Bonchev–Trinajstić information content (AvgIpc) is 2.41. The van der Waals surface area contributed by atoms with E-state index in [1.54, 1.807) is 0 Å². The highest BCUT2D eigenvalue weighted by molar-refractivity contribution is 9.10. The van der Waals surface area contributed by atoms with Crippen LogP contribution in [0.1, 0.15) is 28.4 Å². The van der Waals surface area contributed by atoms with Crippen LogP contribution in [0, 0.1) is 6.92 Å².